The summed E-state index contributed by atoms with van der Waals surface area (Å²) >= 11 is 12.1. The van der Waals surface area contributed by atoms with Crippen LogP contribution < -0.4 is 5.69 Å². The molecule has 5 rings (SSSR count). The van der Waals surface area contributed by atoms with Gasteiger partial charge >= 0.3 is 5.69 Å². The molecule has 0 atom stereocenters. The predicted octanol–water partition coefficient (Wildman–Crippen LogP) is 4.60. The maximum atomic E-state index is 12.9. The summed E-state index contributed by atoms with van der Waals surface area (Å²) in [4.78, 5) is 12.9. The second-order valence-electron chi connectivity index (χ2n) is 5.42. The molecule has 0 bridgehead atoms. The number of aromatic nitrogens is 2. The second kappa shape index (κ2) is 3.94. The topological polar surface area (TPSA) is 25.9 Å². The first-order chi connectivity index (χ1) is 10.6. The van der Waals surface area contributed by atoms with Crippen LogP contribution in [0.15, 0.2) is 53.3 Å². The number of halogens is 2. The molecule has 5 heteroatoms. The van der Waals surface area contributed by atoms with Gasteiger partial charge in [-0.2, -0.15) is 0 Å². The van der Waals surface area contributed by atoms with Crippen LogP contribution in [0.5, 0.6) is 0 Å². The van der Waals surface area contributed by atoms with E-state index in [1.807, 2.05) is 36.4 Å². The normalized spacial score (nSPS) is 12.3. The number of rotatable bonds is 0. The highest BCUT2D eigenvalue weighted by Crippen LogP contribution is 2.29. The summed E-state index contributed by atoms with van der Waals surface area (Å²) in [6.07, 6.45) is 0. The van der Waals surface area contributed by atoms with E-state index in [1.165, 1.54) is 0 Å². The summed E-state index contributed by atoms with van der Waals surface area (Å²) in [5, 5.41) is 3.25. The molecule has 2 aromatic carbocycles. The zero-order chi connectivity index (χ0) is 15.0. The van der Waals surface area contributed by atoms with E-state index in [9.17, 15) is 4.79 Å². The molecule has 3 aromatic heterocycles. The molecule has 0 unspecified atom stereocenters. The Labute approximate surface area is 134 Å². The van der Waals surface area contributed by atoms with Crippen LogP contribution in [-0.4, -0.2) is 8.80 Å². The number of hydrogen-bond acceptors (Lipinski definition) is 1. The van der Waals surface area contributed by atoms with Gasteiger partial charge < -0.3 is 0 Å². The third-order valence-corrected chi connectivity index (χ3v) is 4.64. The van der Waals surface area contributed by atoms with E-state index >= 15 is 0 Å². The van der Waals surface area contributed by atoms with E-state index in [0.717, 1.165) is 32.8 Å². The van der Waals surface area contributed by atoms with Gasteiger partial charge in [-0.25, -0.2) is 4.79 Å². The van der Waals surface area contributed by atoms with Crippen LogP contribution in [0.4, 0.5) is 0 Å². The Balaban J connectivity index is 2.08. The van der Waals surface area contributed by atoms with Crippen molar-refractivity contribution in [2.75, 3.05) is 0 Å². The molecule has 0 aliphatic rings. The van der Waals surface area contributed by atoms with E-state index in [2.05, 4.69) is 0 Å². The Morgan fingerprint density at radius 2 is 1.09 bits per heavy atom. The van der Waals surface area contributed by atoms with E-state index in [0.29, 0.717) is 10.0 Å². The number of hydrogen-bond donors (Lipinski definition) is 0. The Bertz CT molecular complexity index is 1170. The van der Waals surface area contributed by atoms with E-state index < -0.39 is 0 Å². The minimum Gasteiger partial charge on any atom is -0.260 e. The van der Waals surface area contributed by atoms with Crippen molar-refractivity contribution in [1.82, 2.24) is 8.80 Å². The molecule has 0 N–H and O–H groups in total. The summed E-state index contributed by atoms with van der Waals surface area (Å²) in [6, 6.07) is 15.1. The van der Waals surface area contributed by atoms with Gasteiger partial charge in [0, 0.05) is 20.8 Å². The SMILES string of the molecule is O=c1n2c3ccc(Cl)cc3cc2c2cc3cc(Cl)ccc3n12. The molecular formula is C17H8Cl2N2O. The van der Waals surface area contributed by atoms with Crippen LogP contribution in [0.2, 0.25) is 10.0 Å². The smallest absolute Gasteiger partial charge is 0.260 e. The first-order valence-corrected chi connectivity index (χ1v) is 7.56. The predicted molar refractivity (Wildman–Crippen MR) is 90.8 cm³/mol. The Morgan fingerprint density at radius 3 is 1.55 bits per heavy atom. The van der Waals surface area contributed by atoms with E-state index in [1.54, 1.807) is 20.9 Å². The van der Waals surface area contributed by atoms with Gasteiger partial charge in [-0.1, -0.05) is 23.2 Å². The van der Waals surface area contributed by atoms with Gasteiger partial charge in [0.15, 0.2) is 0 Å². The third-order valence-electron chi connectivity index (χ3n) is 4.17. The summed E-state index contributed by atoms with van der Waals surface area (Å²) in [5.41, 5.74) is 3.44. The Kier molecular flexibility index (Phi) is 2.21. The lowest BCUT2D eigenvalue weighted by atomic mass is 10.2. The van der Waals surface area contributed by atoms with Crippen molar-refractivity contribution in [3.05, 3.63) is 69.1 Å². The van der Waals surface area contributed by atoms with Crippen LogP contribution in [-0.2, 0) is 0 Å². The number of benzene rings is 2. The van der Waals surface area contributed by atoms with E-state index in [4.69, 9.17) is 23.2 Å². The van der Waals surface area contributed by atoms with Gasteiger partial charge in [0.2, 0.25) is 0 Å². The summed E-state index contributed by atoms with van der Waals surface area (Å²) in [5.74, 6) is 0. The average Bonchev–Trinajstić information content (AvgIpc) is 3.09. The van der Waals surface area contributed by atoms with Crippen LogP contribution in [0, 0.1) is 0 Å². The van der Waals surface area contributed by atoms with Crippen LogP contribution in [0.3, 0.4) is 0 Å². The summed E-state index contributed by atoms with van der Waals surface area (Å²) < 4.78 is 3.46. The van der Waals surface area contributed by atoms with Crippen LogP contribution in [0.1, 0.15) is 0 Å². The minimum absolute atomic E-state index is 0.0698. The summed E-state index contributed by atoms with van der Waals surface area (Å²) in [6.45, 7) is 0. The first-order valence-electron chi connectivity index (χ1n) is 6.80. The maximum Gasteiger partial charge on any atom is 0.338 e. The maximum absolute atomic E-state index is 12.9. The van der Waals surface area contributed by atoms with Crippen LogP contribution in [0.25, 0.3) is 32.8 Å². The zero-order valence-electron chi connectivity index (χ0n) is 11.2. The third kappa shape index (κ3) is 1.40. The van der Waals surface area contributed by atoms with Crippen molar-refractivity contribution in [2.45, 2.75) is 0 Å². The molecule has 0 spiro atoms. The fourth-order valence-electron chi connectivity index (χ4n) is 3.26. The number of nitrogens with zero attached hydrogens (tertiary/aromatic N) is 2. The van der Waals surface area contributed by atoms with E-state index in [-0.39, 0.29) is 5.69 Å². The molecule has 0 saturated heterocycles. The van der Waals surface area contributed by atoms with Crippen molar-refractivity contribution in [2.24, 2.45) is 0 Å². The molecule has 3 heterocycles. The molecule has 0 radical (unpaired) electrons. The molecule has 0 amide bonds. The molecule has 0 saturated carbocycles. The Hall–Kier alpha value is -2.23. The van der Waals surface area contributed by atoms with Gasteiger partial charge in [0.05, 0.1) is 22.1 Å². The largest absolute Gasteiger partial charge is 0.338 e. The monoisotopic (exact) mass is 326 g/mol. The van der Waals surface area contributed by atoms with Crippen molar-refractivity contribution >= 4 is 56.0 Å². The number of fused-ring (bicyclic) bond motifs is 7. The van der Waals surface area contributed by atoms with Crippen molar-refractivity contribution in [1.29, 1.82) is 0 Å². The second-order valence-corrected chi connectivity index (χ2v) is 6.29. The van der Waals surface area contributed by atoms with Crippen molar-refractivity contribution < 1.29 is 0 Å². The van der Waals surface area contributed by atoms with Gasteiger partial charge in [-0.3, -0.25) is 8.80 Å². The molecule has 3 nitrogen and oxygen atoms in total. The highest BCUT2D eigenvalue weighted by atomic mass is 35.5. The minimum atomic E-state index is -0.0698. The molecular weight excluding hydrogens is 319 g/mol. The molecule has 0 fully saturated rings. The lowest BCUT2D eigenvalue weighted by Gasteiger charge is -1.94. The van der Waals surface area contributed by atoms with Gasteiger partial charge in [-0.15, -0.1) is 0 Å². The standard InChI is InChI=1S/C17H8Cl2N2O/c18-11-1-3-13-9(5-11)7-15-16-8-10-6-12(19)2-4-14(10)21(16)17(22)20(13)15/h1-8H. The van der Waals surface area contributed by atoms with Gasteiger partial charge in [-0.05, 0) is 48.5 Å². The first kappa shape index (κ1) is 12.3. The lowest BCUT2D eigenvalue weighted by molar-refractivity contribution is 1.06. The van der Waals surface area contributed by atoms with Crippen molar-refractivity contribution in [3.8, 4) is 0 Å². The average molecular weight is 327 g/mol. The summed E-state index contributed by atoms with van der Waals surface area (Å²) in [7, 11) is 0. The fraction of sp³-hybridized carbons (Fsp3) is 0. The fourth-order valence-corrected chi connectivity index (χ4v) is 3.62. The highest BCUT2D eigenvalue weighted by Gasteiger charge is 2.16. The highest BCUT2D eigenvalue weighted by molar-refractivity contribution is 6.31. The molecule has 0 aliphatic carbocycles. The van der Waals surface area contributed by atoms with Gasteiger partial charge in [0.25, 0.3) is 0 Å². The lowest BCUT2D eigenvalue weighted by Crippen LogP contribution is -2.13. The van der Waals surface area contributed by atoms with Gasteiger partial charge in [0.1, 0.15) is 0 Å². The molecule has 0 aliphatic heterocycles. The Morgan fingerprint density at radius 1 is 0.636 bits per heavy atom. The quantitative estimate of drug-likeness (QED) is 0.408. The zero-order valence-corrected chi connectivity index (χ0v) is 12.7. The van der Waals surface area contributed by atoms with Crippen molar-refractivity contribution in [3.63, 3.8) is 0 Å². The molecule has 5 aromatic rings. The number of imidazole rings is 1. The molecule has 22 heavy (non-hydrogen) atoms. The van der Waals surface area contributed by atoms with Crippen LogP contribution >= 0.6 is 23.2 Å². The molecule has 106 valence electrons.